The third-order valence-corrected chi connectivity index (χ3v) is 3.63. The molecule has 18 heavy (non-hydrogen) atoms. The molecule has 0 bridgehead atoms. The molecule has 0 atom stereocenters. The van der Waals surface area contributed by atoms with Crippen LogP contribution < -0.4 is 0 Å². The van der Waals surface area contributed by atoms with Gasteiger partial charge in [-0.25, -0.2) is 0 Å². The van der Waals surface area contributed by atoms with E-state index in [9.17, 15) is 0 Å². The van der Waals surface area contributed by atoms with Crippen molar-refractivity contribution in [1.29, 1.82) is 0 Å². The Bertz CT molecular complexity index is 383. The fourth-order valence-corrected chi connectivity index (χ4v) is 1.68. The Labute approximate surface area is 112 Å². The highest BCUT2D eigenvalue weighted by Crippen LogP contribution is 2.39. The lowest BCUT2D eigenvalue weighted by atomic mass is 9.75. The van der Waals surface area contributed by atoms with E-state index in [1.165, 1.54) is 5.57 Å². The van der Waals surface area contributed by atoms with Crippen LogP contribution in [0.4, 0.5) is 0 Å². The van der Waals surface area contributed by atoms with Crippen molar-refractivity contribution in [3.05, 3.63) is 35.3 Å². The molecule has 0 aliphatic carbocycles. The molecule has 1 rings (SSSR count). The van der Waals surface area contributed by atoms with Crippen molar-refractivity contribution in [3.8, 4) is 0 Å². The summed E-state index contributed by atoms with van der Waals surface area (Å²) in [5.41, 5.74) is 2.71. The zero-order valence-electron chi connectivity index (χ0n) is 12.8. The normalized spacial score (nSPS) is 21.4. The van der Waals surface area contributed by atoms with Crippen molar-refractivity contribution in [2.75, 3.05) is 0 Å². The van der Waals surface area contributed by atoms with Crippen LogP contribution in [-0.2, 0) is 9.31 Å². The molecule has 1 saturated heterocycles. The van der Waals surface area contributed by atoms with E-state index in [0.717, 1.165) is 11.0 Å². The molecule has 0 unspecified atom stereocenters. The predicted molar refractivity (Wildman–Crippen MR) is 78.4 cm³/mol. The van der Waals surface area contributed by atoms with Crippen LogP contribution in [0.3, 0.4) is 0 Å². The molecule has 100 valence electrons. The van der Waals surface area contributed by atoms with Crippen LogP contribution in [0.2, 0.25) is 0 Å². The first-order valence-corrected chi connectivity index (χ1v) is 6.43. The van der Waals surface area contributed by atoms with Crippen LogP contribution in [0.5, 0.6) is 0 Å². The summed E-state index contributed by atoms with van der Waals surface area (Å²) in [7, 11) is -0.296. The van der Waals surface area contributed by atoms with Crippen molar-refractivity contribution in [3.63, 3.8) is 0 Å². The Hall–Kier alpha value is -0.795. The minimum Gasteiger partial charge on any atom is -0.399 e. The van der Waals surface area contributed by atoms with Gasteiger partial charge in [0, 0.05) is 0 Å². The first-order valence-electron chi connectivity index (χ1n) is 6.43. The molecule has 1 aliphatic heterocycles. The SMILES string of the molecule is C=C(C)/C=C\C(B1OC(C)(C)C(C)(C)O1)=C(C)C. The summed E-state index contributed by atoms with van der Waals surface area (Å²) in [6.07, 6.45) is 4.03. The number of allylic oxidation sites excluding steroid dienone is 5. The van der Waals surface area contributed by atoms with Crippen molar-refractivity contribution < 1.29 is 9.31 Å². The highest BCUT2D eigenvalue weighted by molar-refractivity contribution is 6.55. The standard InChI is InChI=1S/C15H25BO2/c1-11(2)9-10-13(12(3)4)16-17-14(5,6)15(7,8)18-16/h9-10H,1H2,2-8H3/b10-9-. The van der Waals surface area contributed by atoms with E-state index in [1.54, 1.807) is 0 Å². The van der Waals surface area contributed by atoms with Crippen molar-refractivity contribution >= 4 is 7.12 Å². The maximum Gasteiger partial charge on any atom is 0.494 e. The smallest absolute Gasteiger partial charge is 0.399 e. The number of hydrogen-bond acceptors (Lipinski definition) is 2. The zero-order chi connectivity index (χ0) is 14.1. The van der Waals surface area contributed by atoms with Gasteiger partial charge in [-0.05, 0) is 53.9 Å². The van der Waals surface area contributed by atoms with E-state index < -0.39 is 0 Å². The molecule has 0 aromatic rings. The lowest BCUT2D eigenvalue weighted by molar-refractivity contribution is 0.00578. The van der Waals surface area contributed by atoms with Crippen molar-refractivity contribution in [2.24, 2.45) is 0 Å². The first-order chi connectivity index (χ1) is 8.07. The van der Waals surface area contributed by atoms with Gasteiger partial charge in [0.1, 0.15) is 0 Å². The van der Waals surface area contributed by atoms with Crippen LogP contribution in [0, 0.1) is 0 Å². The Kier molecular flexibility index (Phi) is 4.29. The van der Waals surface area contributed by atoms with Gasteiger partial charge in [0.05, 0.1) is 11.2 Å². The second-order valence-electron chi connectivity index (χ2n) is 6.22. The summed E-state index contributed by atoms with van der Waals surface area (Å²) in [6.45, 7) is 18.3. The van der Waals surface area contributed by atoms with E-state index >= 15 is 0 Å². The lowest BCUT2D eigenvalue weighted by Gasteiger charge is -2.32. The Balaban J connectivity index is 3.00. The molecular formula is C15H25BO2. The molecule has 2 nitrogen and oxygen atoms in total. The average molecular weight is 248 g/mol. The highest BCUT2D eigenvalue weighted by atomic mass is 16.7. The molecular weight excluding hydrogens is 223 g/mol. The van der Waals surface area contributed by atoms with E-state index in [4.69, 9.17) is 9.31 Å². The molecule has 0 amide bonds. The summed E-state index contributed by atoms with van der Waals surface area (Å²) in [4.78, 5) is 0. The maximum atomic E-state index is 6.06. The third kappa shape index (κ3) is 3.15. The van der Waals surface area contributed by atoms with Crippen LogP contribution in [-0.4, -0.2) is 18.3 Å². The summed E-state index contributed by atoms with van der Waals surface area (Å²) in [6, 6.07) is 0. The highest BCUT2D eigenvalue weighted by Gasteiger charge is 2.52. The van der Waals surface area contributed by atoms with Gasteiger partial charge in [-0.1, -0.05) is 29.9 Å². The monoisotopic (exact) mass is 248 g/mol. The molecule has 3 heteroatoms. The minimum atomic E-state index is -0.296. The van der Waals surface area contributed by atoms with Gasteiger partial charge in [0.15, 0.2) is 0 Å². The quantitative estimate of drug-likeness (QED) is 0.553. The topological polar surface area (TPSA) is 18.5 Å². The molecule has 1 aliphatic rings. The zero-order valence-corrected chi connectivity index (χ0v) is 12.8. The fraction of sp³-hybridized carbons (Fsp3) is 0.600. The largest absolute Gasteiger partial charge is 0.494 e. The van der Waals surface area contributed by atoms with Crippen LogP contribution in [0.1, 0.15) is 48.5 Å². The van der Waals surface area contributed by atoms with Gasteiger partial charge in [0.2, 0.25) is 0 Å². The van der Waals surface area contributed by atoms with Crippen molar-refractivity contribution in [1.82, 2.24) is 0 Å². The molecule has 0 aromatic carbocycles. The van der Waals surface area contributed by atoms with Crippen LogP contribution in [0.25, 0.3) is 0 Å². The molecule has 0 N–H and O–H groups in total. The average Bonchev–Trinajstić information content (AvgIpc) is 2.34. The summed E-state index contributed by atoms with van der Waals surface area (Å²) >= 11 is 0. The van der Waals surface area contributed by atoms with E-state index in [2.05, 4.69) is 48.1 Å². The van der Waals surface area contributed by atoms with E-state index in [-0.39, 0.29) is 18.3 Å². The molecule has 0 spiro atoms. The molecule has 0 radical (unpaired) electrons. The van der Waals surface area contributed by atoms with Gasteiger partial charge in [0.25, 0.3) is 0 Å². The van der Waals surface area contributed by atoms with Crippen LogP contribution in [0.15, 0.2) is 35.3 Å². The molecule has 0 saturated carbocycles. The van der Waals surface area contributed by atoms with Gasteiger partial charge < -0.3 is 9.31 Å². The van der Waals surface area contributed by atoms with Crippen molar-refractivity contribution in [2.45, 2.75) is 59.7 Å². The van der Waals surface area contributed by atoms with Gasteiger partial charge in [-0.2, -0.15) is 0 Å². The van der Waals surface area contributed by atoms with Gasteiger partial charge >= 0.3 is 7.12 Å². The van der Waals surface area contributed by atoms with E-state index in [0.29, 0.717) is 0 Å². The number of rotatable bonds is 3. The Morgan fingerprint density at radius 1 is 0.944 bits per heavy atom. The molecule has 0 aromatic heterocycles. The fourth-order valence-electron chi connectivity index (χ4n) is 1.68. The third-order valence-electron chi connectivity index (χ3n) is 3.63. The summed E-state index contributed by atoms with van der Waals surface area (Å²) in [5.74, 6) is 0. The van der Waals surface area contributed by atoms with Gasteiger partial charge in [-0.15, -0.1) is 0 Å². The summed E-state index contributed by atoms with van der Waals surface area (Å²) in [5, 5.41) is 0. The van der Waals surface area contributed by atoms with Gasteiger partial charge in [-0.3, -0.25) is 0 Å². The predicted octanol–water partition coefficient (Wildman–Crippen LogP) is 4.09. The first kappa shape index (κ1) is 15.3. The number of hydrogen-bond donors (Lipinski definition) is 0. The van der Waals surface area contributed by atoms with Crippen LogP contribution >= 0.6 is 0 Å². The second kappa shape index (κ2) is 5.06. The lowest BCUT2D eigenvalue weighted by Crippen LogP contribution is -2.41. The minimum absolute atomic E-state index is 0.296. The van der Waals surface area contributed by atoms with E-state index in [1.807, 2.05) is 19.1 Å². The maximum absolute atomic E-state index is 6.06. The molecule has 1 heterocycles. The second-order valence-corrected chi connectivity index (χ2v) is 6.22. The summed E-state index contributed by atoms with van der Waals surface area (Å²) < 4.78 is 12.1. The molecule has 1 fully saturated rings. The Morgan fingerprint density at radius 3 is 1.72 bits per heavy atom. The Morgan fingerprint density at radius 2 is 1.39 bits per heavy atom.